The Hall–Kier alpha value is -1.83. The first-order valence-electron chi connectivity index (χ1n) is 10.2. The van der Waals surface area contributed by atoms with Gasteiger partial charge in [0.05, 0.1) is 12.1 Å². The van der Waals surface area contributed by atoms with Crippen LogP contribution in [0.1, 0.15) is 53.9 Å². The molecular formula is C23H40N4. The fraction of sp³-hybridized carbons (Fsp3) is 0.609. The second-order valence-electron chi connectivity index (χ2n) is 7.05. The zero-order chi connectivity index (χ0) is 20.9. The van der Waals surface area contributed by atoms with Gasteiger partial charge in [-0.1, -0.05) is 59.9 Å². The van der Waals surface area contributed by atoms with Gasteiger partial charge < -0.3 is 5.01 Å². The van der Waals surface area contributed by atoms with E-state index in [0.29, 0.717) is 6.42 Å². The molecule has 4 heteroatoms. The van der Waals surface area contributed by atoms with Crippen molar-refractivity contribution in [1.82, 2.24) is 15.3 Å². The highest BCUT2D eigenvalue weighted by Crippen LogP contribution is 2.34. The minimum atomic E-state index is 0.172. The molecule has 0 aromatic heterocycles. The average Bonchev–Trinajstić information content (AvgIpc) is 3.12. The molecule has 1 unspecified atom stereocenters. The molecule has 1 saturated heterocycles. The average molecular weight is 373 g/mol. The maximum atomic E-state index is 8.92. The second-order valence-corrected chi connectivity index (χ2v) is 7.05. The topological polar surface area (TPSA) is 42.3 Å². The lowest BCUT2D eigenvalue weighted by Crippen LogP contribution is -2.39. The molecule has 27 heavy (non-hydrogen) atoms. The van der Waals surface area contributed by atoms with Crippen LogP contribution in [0.15, 0.2) is 48.7 Å². The molecule has 152 valence electrons. The molecule has 2 heterocycles. The summed E-state index contributed by atoms with van der Waals surface area (Å²) in [5, 5.41) is 10.9. The van der Waals surface area contributed by atoms with E-state index in [1.165, 1.54) is 0 Å². The number of likely N-dealkylation sites (tertiary alicyclic amines) is 1. The number of hydrogen-bond acceptors (Lipinski definition) is 4. The molecular weight excluding hydrogens is 332 g/mol. The van der Waals surface area contributed by atoms with E-state index in [1.54, 1.807) is 0 Å². The van der Waals surface area contributed by atoms with E-state index < -0.39 is 0 Å². The first-order chi connectivity index (χ1) is 12.9. The van der Waals surface area contributed by atoms with Crippen LogP contribution in [0.5, 0.6) is 0 Å². The molecule has 4 nitrogen and oxygen atoms in total. The molecule has 2 aliphatic heterocycles. The summed E-state index contributed by atoms with van der Waals surface area (Å²) in [4.78, 5) is 2.43. The van der Waals surface area contributed by atoms with Crippen LogP contribution in [0.3, 0.4) is 0 Å². The van der Waals surface area contributed by atoms with Gasteiger partial charge in [0.1, 0.15) is 0 Å². The Balaban J connectivity index is 0.00000158. The largest absolute Gasteiger partial charge is 0.318 e. The van der Waals surface area contributed by atoms with Crippen LogP contribution in [0, 0.1) is 16.7 Å². The Kier molecular flexibility index (Phi) is 12.5. The van der Waals surface area contributed by atoms with Crippen molar-refractivity contribution >= 4 is 0 Å². The molecule has 1 N–H and O–H groups in total. The zero-order valence-electron chi connectivity index (χ0n) is 18.4. The molecule has 0 aliphatic carbocycles. The molecule has 0 bridgehead atoms. The van der Waals surface area contributed by atoms with Crippen LogP contribution in [-0.2, 0) is 0 Å². The lowest BCUT2D eigenvalue weighted by atomic mass is 9.78. The number of hydrogen-bond donors (Lipinski definition) is 1. The minimum Gasteiger partial charge on any atom is -0.318 e. The molecule has 0 saturated carbocycles. The predicted molar refractivity (Wildman–Crippen MR) is 118 cm³/mol. The van der Waals surface area contributed by atoms with Gasteiger partial charge >= 0.3 is 0 Å². The van der Waals surface area contributed by atoms with Crippen molar-refractivity contribution in [2.24, 2.45) is 5.41 Å². The van der Waals surface area contributed by atoms with Gasteiger partial charge in [0.15, 0.2) is 0 Å². The molecule has 0 spiro atoms. The Labute approximate surface area is 167 Å². The number of hydrazine groups is 1. The Bertz CT molecular complexity index is 545. The third kappa shape index (κ3) is 9.08. The van der Waals surface area contributed by atoms with Gasteiger partial charge in [-0.25, -0.2) is 5.43 Å². The van der Waals surface area contributed by atoms with E-state index in [-0.39, 0.29) is 11.5 Å². The molecule has 1 atom stereocenters. The molecule has 0 amide bonds. The summed E-state index contributed by atoms with van der Waals surface area (Å²) >= 11 is 0. The van der Waals surface area contributed by atoms with Gasteiger partial charge in [0.25, 0.3) is 0 Å². The van der Waals surface area contributed by atoms with Crippen molar-refractivity contribution in [2.45, 2.75) is 59.9 Å². The number of rotatable bonds is 6. The van der Waals surface area contributed by atoms with E-state index in [9.17, 15) is 0 Å². The predicted octanol–water partition coefficient (Wildman–Crippen LogP) is 5.06. The van der Waals surface area contributed by atoms with Crippen LogP contribution >= 0.6 is 0 Å². The Morgan fingerprint density at radius 3 is 2.30 bits per heavy atom. The molecule has 0 aromatic carbocycles. The fourth-order valence-corrected chi connectivity index (χ4v) is 3.01. The zero-order valence-corrected chi connectivity index (χ0v) is 18.4. The molecule has 2 aliphatic rings. The van der Waals surface area contributed by atoms with Gasteiger partial charge in [-0.15, -0.1) is 0 Å². The smallest absolute Gasteiger partial charge is 0.0704 e. The van der Waals surface area contributed by atoms with Crippen molar-refractivity contribution < 1.29 is 0 Å². The van der Waals surface area contributed by atoms with E-state index >= 15 is 0 Å². The highest BCUT2D eigenvalue weighted by Gasteiger charge is 2.29. The molecule has 1 fully saturated rings. The number of nitrogens with zero attached hydrogens (tertiary/aromatic N) is 3. The van der Waals surface area contributed by atoms with E-state index in [0.717, 1.165) is 43.6 Å². The SMILES string of the molecule is C=C(/C=C\C(=C)C1C=CN(C)N1)CN1CCC(C)(CC#N)CC1.CC.CC. The maximum absolute atomic E-state index is 8.92. The summed E-state index contributed by atoms with van der Waals surface area (Å²) in [6.45, 7) is 21.5. The van der Waals surface area contributed by atoms with E-state index in [1.807, 2.05) is 52.0 Å². The van der Waals surface area contributed by atoms with Gasteiger partial charge in [-0.05, 0) is 48.6 Å². The maximum Gasteiger partial charge on any atom is 0.0704 e. The summed E-state index contributed by atoms with van der Waals surface area (Å²) in [6, 6.07) is 2.50. The Morgan fingerprint density at radius 1 is 1.22 bits per heavy atom. The summed E-state index contributed by atoms with van der Waals surface area (Å²) in [5.74, 6) is 0. The quantitative estimate of drug-likeness (QED) is 0.662. The normalized spacial score (nSPS) is 20.9. The Morgan fingerprint density at radius 2 is 1.81 bits per heavy atom. The van der Waals surface area contributed by atoms with Gasteiger partial charge in [-0.3, -0.25) is 4.90 Å². The first kappa shape index (κ1) is 25.2. The summed E-state index contributed by atoms with van der Waals surface area (Å²) in [5.41, 5.74) is 5.62. The lowest BCUT2D eigenvalue weighted by molar-refractivity contribution is 0.130. The monoisotopic (exact) mass is 372 g/mol. The van der Waals surface area contributed by atoms with Crippen LogP contribution in [0.25, 0.3) is 0 Å². The van der Waals surface area contributed by atoms with Gasteiger partial charge in [0.2, 0.25) is 0 Å². The highest BCUT2D eigenvalue weighted by atomic mass is 15.5. The van der Waals surface area contributed by atoms with Crippen LogP contribution in [-0.4, -0.2) is 42.6 Å². The summed E-state index contributed by atoms with van der Waals surface area (Å²) in [6.07, 6.45) is 11.1. The molecule has 0 radical (unpaired) electrons. The third-order valence-corrected chi connectivity index (χ3v) is 4.77. The van der Waals surface area contributed by atoms with E-state index in [2.05, 4.69) is 48.6 Å². The number of nitrogens with one attached hydrogen (secondary N) is 1. The van der Waals surface area contributed by atoms with Crippen molar-refractivity contribution in [3.8, 4) is 6.07 Å². The highest BCUT2D eigenvalue weighted by molar-refractivity contribution is 5.32. The van der Waals surface area contributed by atoms with Crippen LogP contribution < -0.4 is 5.43 Å². The number of piperidine rings is 1. The van der Waals surface area contributed by atoms with Crippen LogP contribution in [0.2, 0.25) is 0 Å². The van der Waals surface area contributed by atoms with Gasteiger partial charge in [0, 0.05) is 26.2 Å². The fourth-order valence-electron chi connectivity index (χ4n) is 3.01. The lowest BCUT2D eigenvalue weighted by Gasteiger charge is -2.38. The molecule has 2 rings (SSSR count). The summed E-state index contributed by atoms with van der Waals surface area (Å²) < 4.78 is 0. The van der Waals surface area contributed by atoms with Gasteiger partial charge in [-0.2, -0.15) is 5.26 Å². The van der Waals surface area contributed by atoms with Crippen molar-refractivity contribution in [2.75, 3.05) is 26.7 Å². The third-order valence-electron chi connectivity index (χ3n) is 4.77. The second kappa shape index (κ2) is 13.4. The van der Waals surface area contributed by atoms with Crippen molar-refractivity contribution in [1.29, 1.82) is 5.26 Å². The van der Waals surface area contributed by atoms with Crippen LogP contribution in [0.4, 0.5) is 0 Å². The van der Waals surface area contributed by atoms with Crippen molar-refractivity contribution in [3.63, 3.8) is 0 Å². The summed E-state index contributed by atoms with van der Waals surface area (Å²) in [7, 11) is 1.98. The minimum absolute atomic E-state index is 0.172. The first-order valence-corrected chi connectivity index (χ1v) is 10.2. The van der Waals surface area contributed by atoms with E-state index in [4.69, 9.17) is 5.26 Å². The van der Waals surface area contributed by atoms with Crippen molar-refractivity contribution in [3.05, 3.63) is 48.7 Å². The standard InChI is InChI=1S/C19H28N4.2C2H6/c1-16(5-6-17(2)18-7-12-22(4)21-18)15-23-13-9-19(3,8-11-20)10-14-23;2*1-2/h5-7,12,18,21H,1-2,8-10,13-15H2,3-4H3;2*1-2H3/b6-5-;;. The number of nitriles is 1. The molecule has 0 aromatic rings.